The van der Waals surface area contributed by atoms with Gasteiger partial charge < -0.3 is 15.7 Å². The normalized spacial score (nSPS) is 33.8. The van der Waals surface area contributed by atoms with Gasteiger partial charge in [0.05, 0.1) is 12.6 Å². The van der Waals surface area contributed by atoms with Crippen LogP contribution in [0.4, 0.5) is 0 Å². The first-order valence-corrected chi connectivity index (χ1v) is 13.1. The zero-order valence-corrected chi connectivity index (χ0v) is 21.4. The molecule has 2 fully saturated rings. The summed E-state index contributed by atoms with van der Waals surface area (Å²) in [7, 11) is 0. The van der Waals surface area contributed by atoms with Crippen LogP contribution < -0.4 is 10.6 Å². The summed E-state index contributed by atoms with van der Waals surface area (Å²) < 4.78 is 0. The number of amides is 2. The number of thiophene rings is 1. The number of carbonyl (C=O) groups is 2. The molecule has 2 amide bonds. The lowest BCUT2D eigenvalue weighted by atomic mass is 9.51. The van der Waals surface area contributed by atoms with E-state index in [2.05, 4.69) is 45.3 Å². The zero-order valence-electron chi connectivity index (χ0n) is 20.6. The van der Waals surface area contributed by atoms with E-state index >= 15 is 0 Å². The summed E-state index contributed by atoms with van der Waals surface area (Å²) in [5, 5.41) is 19.9. The van der Waals surface area contributed by atoms with Crippen LogP contribution in [-0.2, 0) is 16.1 Å². The predicted octanol–water partition coefficient (Wildman–Crippen LogP) is 4.74. The van der Waals surface area contributed by atoms with E-state index in [1.807, 2.05) is 24.4 Å². The maximum absolute atomic E-state index is 12.9. The molecule has 2 aliphatic carbocycles. The number of aliphatic hydroxyl groups excluding tert-OH is 1. The highest BCUT2D eigenvalue weighted by atomic mass is 32.1. The van der Waals surface area contributed by atoms with Crippen molar-refractivity contribution < 1.29 is 14.7 Å². The standard InChI is InChI=1S/C26H42N2O3S/c1-16(24(31)27-15-18-8-7-13-32-18)19-9-11-26(6)12-10-20(17(2)22(26)23(19)30)28-21(29)14-25(3,4)5/h7-8,13,16-17,19-20,22-23,30H,9-12,14-15H2,1-6H3,(H,27,31)(H,28,29)/t16-,17+,19-,20-,22+,23-,26-/m0/s1. The van der Waals surface area contributed by atoms with Crippen molar-refractivity contribution >= 4 is 23.2 Å². The molecule has 180 valence electrons. The van der Waals surface area contributed by atoms with Crippen molar-refractivity contribution in [3.05, 3.63) is 22.4 Å². The summed E-state index contributed by atoms with van der Waals surface area (Å²) in [6, 6.07) is 4.09. The van der Waals surface area contributed by atoms with Gasteiger partial charge in [-0.25, -0.2) is 0 Å². The molecule has 3 rings (SSSR count). The van der Waals surface area contributed by atoms with Crippen molar-refractivity contribution in [1.29, 1.82) is 0 Å². The van der Waals surface area contributed by atoms with Crippen molar-refractivity contribution in [1.82, 2.24) is 10.6 Å². The third-order valence-corrected chi connectivity index (χ3v) is 8.87. The van der Waals surface area contributed by atoms with Gasteiger partial charge in [-0.3, -0.25) is 9.59 Å². The molecule has 1 aromatic rings. The summed E-state index contributed by atoms with van der Waals surface area (Å²) >= 11 is 1.64. The van der Waals surface area contributed by atoms with Crippen molar-refractivity contribution in [3.63, 3.8) is 0 Å². The van der Waals surface area contributed by atoms with Gasteiger partial charge in [-0.05, 0) is 65.7 Å². The second-order valence-corrected chi connectivity index (χ2v) is 12.8. The van der Waals surface area contributed by atoms with Gasteiger partial charge in [0.15, 0.2) is 0 Å². The SMILES string of the molecule is C[C@H]1[C@@H]2[C@@H](O)[C@H]([C@H](C)C(=O)NCc3cccs3)CC[C@@]2(C)CC[C@@H]1NC(=O)CC(C)(C)C. The van der Waals surface area contributed by atoms with E-state index in [1.165, 1.54) is 0 Å². The second-order valence-electron chi connectivity index (χ2n) is 11.8. The molecule has 1 heterocycles. The molecule has 6 heteroatoms. The monoisotopic (exact) mass is 462 g/mol. The van der Waals surface area contributed by atoms with Crippen LogP contribution >= 0.6 is 11.3 Å². The molecule has 7 atom stereocenters. The summed E-state index contributed by atoms with van der Waals surface area (Å²) in [5.41, 5.74) is 0.0195. The average Bonchev–Trinajstić information content (AvgIpc) is 3.20. The van der Waals surface area contributed by atoms with Gasteiger partial charge in [-0.2, -0.15) is 0 Å². The average molecular weight is 463 g/mol. The molecule has 0 aliphatic heterocycles. The minimum Gasteiger partial charge on any atom is -0.392 e. The van der Waals surface area contributed by atoms with Crippen molar-refractivity contribution in [2.45, 2.75) is 92.3 Å². The van der Waals surface area contributed by atoms with E-state index in [1.54, 1.807) is 11.3 Å². The quantitative estimate of drug-likeness (QED) is 0.571. The number of hydrogen-bond donors (Lipinski definition) is 3. The summed E-state index contributed by atoms with van der Waals surface area (Å²) in [6.45, 7) is 13.2. The molecule has 0 unspecified atom stereocenters. The Balaban J connectivity index is 1.66. The Labute approximate surface area is 197 Å². The molecule has 32 heavy (non-hydrogen) atoms. The number of aliphatic hydroxyl groups is 1. The van der Waals surface area contributed by atoms with Gasteiger partial charge in [0.25, 0.3) is 0 Å². The lowest BCUT2D eigenvalue weighted by molar-refractivity contribution is -0.144. The molecule has 1 aromatic heterocycles. The highest BCUT2D eigenvalue weighted by Crippen LogP contribution is 2.55. The Hall–Kier alpha value is -1.40. The zero-order chi connectivity index (χ0) is 23.7. The van der Waals surface area contributed by atoms with E-state index in [-0.39, 0.29) is 52.4 Å². The number of carbonyl (C=O) groups excluding carboxylic acids is 2. The second kappa shape index (κ2) is 9.84. The number of hydrogen-bond acceptors (Lipinski definition) is 4. The molecule has 2 aliphatic rings. The molecule has 0 saturated heterocycles. The maximum Gasteiger partial charge on any atom is 0.223 e. The minimum atomic E-state index is -0.534. The lowest BCUT2D eigenvalue weighted by Crippen LogP contribution is -2.58. The highest BCUT2D eigenvalue weighted by molar-refractivity contribution is 7.09. The lowest BCUT2D eigenvalue weighted by Gasteiger charge is -2.56. The fourth-order valence-electron chi connectivity index (χ4n) is 6.18. The number of fused-ring (bicyclic) bond motifs is 1. The molecule has 2 saturated carbocycles. The van der Waals surface area contributed by atoms with Gasteiger partial charge in [0, 0.05) is 23.3 Å². The Morgan fingerprint density at radius 3 is 2.59 bits per heavy atom. The van der Waals surface area contributed by atoms with Crippen LogP contribution in [0.1, 0.15) is 78.5 Å². The summed E-state index contributed by atoms with van der Waals surface area (Å²) in [6.07, 6.45) is 3.83. The third kappa shape index (κ3) is 5.74. The molecule has 3 N–H and O–H groups in total. The fraction of sp³-hybridized carbons (Fsp3) is 0.769. The van der Waals surface area contributed by atoms with Gasteiger partial charge >= 0.3 is 0 Å². The van der Waals surface area contributed by atoms with Gasteiger partial charge in [-0.1, -0.05) is 47.6 Å². The van der Waals surface area contributed by atoms with Crippen molar-refractivity contribution in [2.24, 2.45) is 34.5 Å². The largest absolute Gasteiger partial charge is 0.392 e. The highest BCUT2D eigenvalue weighted by Gasteiger charge is 2.53. The number of rotatable bonds is 6. The summed E-state index contributed by atoms with van der Waals surface area (Å²) in [5.74, 6) is 0.0884. The van der Waals surface area contributed by atoms with E-state index < -0.39 is 6.10 Å². The molecule has 0 radical (unpaired) electrons. The number of nitrogens with one attached hydrogen (secondary N) is 2. The first kappa shape index (κ1) is 25.2. The topological polar surface area (TPSA) is 78.4 Å². The van der Waals surface area contributed by atoms with E-state index in [0.29, 0.717) is 13.0 Å². The van der Waals surface area contributed by atoms with Gasteiger partial charge in [0.1, 0.15) is 0 Å². The summed E-state index contributed by atoms with van der Waals surface area (Å²) in [4.78, 5) is 26.6. The molecular weight excluding hydrogens is 420 g/mol. The van der Waals surface area contributed by atoms with Crippen LogP contribution in [0, 0.1) is 34.5 Å². The smallest absolute Gasteiger partial charge is 0.223 e. The molecule has 0 bridgehead atoms. The fourth-order valence-corrected chi connectivity index (χ4v) is 6.82. The third-order valence-electron chi connectivity index (χ3n) is 8.00. The van der Waals surface area contributed by atoms with Crippen LogP contribution in [0.3, 0.4) is 0 Å². The maximum atomic E-state index is 12.9. The minimum absolute atomic E-state index is 0.0181. The van der Waals surface area contributed by atoms with Crippen LogP contribution in [0.5, 0.6) is 0 Å². The Morgan fingerprint density at radius 2 is 1.97 bits per heavy atom. The van der Waals surface area contributed by atoms with Crippen LogP contribution in [0.25, 0.3) is 0 Å². The van der Waals surface area contributed by atoms with E-state index in [0.717, 1.165) is 30.6 Å². The van der Waals surface area contributed by atoms with Crippen molar-refractivity contribution in [2.75, 3.05) is 0 Å². The van der Waals surface area contributed by atoms with Gasteiger partial charge in [-0.15, -0.1) is 11.3 Å². The van der Waals surface area contributed by atoms with Gasteiger partial charge in [0.2, 0.25) is 11.8 Å². The van der Waals surface area contributed by atoms with Crippen molar-refractivity contribution in [3.8, 4) is 0 Å². The molecule has 0 spiro atoms. The molecular formula is C26H42N2O3S. The van der Waals surface area contributed by atoms with E-state index in [9.17, 15) is 14.7 Å². The Kier molecular flexibility index (Phi) is 7.76. The predicted molar refractivity (Wildman–Crippen MR) is 130 cm³/mol. The molecule has 5 nitrogen and oxygen atoms in total. The molecule has 0 aromatic carbocycles. The first-order chi connectivity index (χ1) is 14.9. The first-order valence-electron chi connectivity index (χ1n) is 12.2. The Bertz CT molecular complexity index is 787. The Morgan fingerprint density at radius 1 is 1.28 bits per heavy atom. The van der Waals surface area contributed by atoms with Crippen LogP contribution in [0.15, 0.2) is 17.5 Å². The van der Waals surface area contributed by atoms with Crippen LogP contribution in [0.2, 0.25) is 0 Å². The van der Waals surface area contributed by atoms with Crippen LogP contribution in [-0.4, -0.2) is 29.1 Å². The van der Waals surface area contributed by atoms with E-state index in [4.69, 9.17) is 0 Å².